The van der Waals surface area contributed by atoms with Crippen molar-refractivity contribution in [1.82, 2.24) is 0 Å². The van der Waals surface area contributed by atoms with Gasteiger partial charge in [0.15, 0.2) is 5.78 Å². The lowest BCUT2D eigenvalue weighted by Gasteiger charge is -2.14. The summed E-state index contributed by atoms with van der Waals surface area (Å²) >= 11 is 0. The molecule has 6 nitrogen and oxygen atoms in total. The molecule has 3 rings (SSSR count). The molecule has 0 heterocycles. The number of aromatic carboxylic acids is 1. The van der Waals surface area contributed by atoms with Crippen molar-refractivity contribution in [2.24, 2.45) is 0 Å². The van der Waals surface area contributed by atoms with Crippen LogP contribution in [0.1, 0.15) is 96.6 Å². The molecule has 0 spiro atoms. The number of carboxylic acid groups (broad SMARTS) is 2. The second-order valence-electron chi connectivity index (χ2n) is 8.62. The largest absolute Gasteiger partial charge is 0.493 e. The van der Waals surface area contributed by atoms with Gasteiger partial charge in [-0.3, -0.25) is 9.59 Å². The van der Waals surface area contributed by atoms with E-state index in [1.165, 1.54) is 50.7 Å². The maximum atomic E-state index is 12.9. The number of aryl methyl sites for hydroxylation is 1. The maximum Gasteiger partial charge on any atom is 0.335 e. The molecule has 0 saturated heterocycles. The molecule has 1 aliphatic carbocycles. The van der Waals surface area contributed by atoms with Crippen molar-refractivity contribution in [3.8, 4) is 16.9 Å². The average Bonchev–Trinajstić information content (AvgIpc) is 3.06. The summed E-state index contributed by atoms with van der Waals surface area (Å²) in [5, 5.41) is 18.4. The van der Waals surface area contributed by atoms with Crippen molar-refractivity contribution < 1.29 is 29.3 Å². The number of hydrogen-bond donors (Lipinski definition) is 2. The van der Waals surface area contributed by atoms with E-state index in [2.05, 4.69) is 6.92 Å². The molecule has 0 bridgehead atoms. The van der Waals surface area contributed by atoms with Crippen LogP contribution >= 0.6 is 0 Å². The van der Waals surface area contributed by atoms with Crippen LogP contribution in [0, 0.1) is 0 Å². The van der Waals surface area contributed by atoms with Crippen molar-refractivity contribution in [1.29, 1.82) is 0 Å². The van der Waals surface area contributed by atoms with Gasteiger partial charge in [-0.25, -0.2) is 4.79 Å². The van der Waals surface area contributed by atoms with E-state index in [0.717, 1.165) is 12.8 Å². The van der Waals surface area contributed by atoms with Gasteiger partial charge in [0.05, 0.1) is 12.2 Å². The average molecular weight is 453 g/mol. The van der Waals surface area contributed by atoms with E-state index in [-0.39, 0.29) is 24.2 Å². The summed E-state index contributed by atoms with van der Waals surface area (Å²) < 4.78 is 6.05. The molecule has 0 fully saturated rings. The van der Waals surface area contributed by atoms with E-state index in [1.807, 2.05) is 0 Å². The Labute approximate surface area is 194 Å². The third-order valence-electron chi connectivity index (χ3n) is 6.11. The van der Waals surface area contributed by atoms with E-state index < -0.39 is 11.9 Å². The van der Waals surface area contributed by atoms with Gasteiger partial charge in [0.2, 0.25) is 0 Å². The van der Waals surface area contributed by atoms with Crippen LogP contribution in [0.2, 0.25) is 0 Å². The molecular weight excluding hydrogens is 420 g/mol. The zero-order chi connectivity index (χ0) is 23.8. The summed E-state index contributed by atoms with van der Waals surface area (Å²) in [5.74, 6) is -1.64. The van der Waals surface area contributed by atoms with Gasteiger partial charge in [0.1, 0.15) is 5.75 Å². The molecule has 176 valence electrons. The molecule has 0 amide bonds. The fraction of sp³-hybridized carbons (Fsp3) is 0.444. The number of carbonyl (C=O) groups is 3. The second kappa shape index (κ2) is 11.6. The lowest BCUT2D eigenvalue weighted by Crippen LogP contribution is -2.05. The highest BCUT2D eigenvalue weighted by Gasteiger charge is 2.29. The normalized spacial score (nSPS) is 11.8. The van der Waals surface area contributed by atoms with Crippen LogP contribution in [0.5, 0.6) is 5.75 Å². The minimum absolute atomic E-state index is 0.0583. The number of unbranched alkanes of at least 4 members (excludes halogenated alkanes) is 7. The smallest absolute Gasteiger partial charge is 0.335 e. The summed E-state index contributed by atoms with van der Waals surface area (Å²) in [5.41, 5.74) is 2.96. The van der Waals surface area contributed by atoms with Crippen LogP contribution in [-0.4, -0.2) is 34.5 Å². The molecule has 0 atom stereocenters. The summed E-state index contributed by atoms with van der Waals surface area (Å²) in [6.45, 7) is 2.75. The molecule has 0 saturated carbocycles. The summed E-state index contributed by atoms with van der Waals surface area (Å²) in [6, 6.07) is 8.06. The molecule has 2 aromatic rings. The van der Waals surface area contributed by atoms with Crippen molar-refractivity contribution >= 4 is 17.7 Å². The number of rotatable bonds is 14. The number of fused-ring (bicyclic) bond motifs is 3. The lowest BCUT2D eigenvalue weighted by molar-refractivity contribution is -0.136. The molecule has 2 aromatic carbocycles. The van der Waals surface area contributed by atoms with Gasteiger partial charge in [-0.1, -0.05) is 57.9 Å². The molecular formula is C27H32O6. The first-order valence-corrected chi connectivity index (χ1v) is 11.9. The molecule has 1 aliphatic rings. The molecule has 0 aromatic heterocycles. The molecule has 0 unspecified atom stereocenters. The maximum absolute atomic E-state index is 12.9. The number of hydrogen-bond acceptors (Lipinski definition) is 4. The fourth-order valence-electron chi connectivity index (χ4n) is 4.27. The van der Waals surface area contributed by atoms with Crippen LogP contribution < -0.4 is 4.74 Å². The zero-order valence-corrected chi connectivity index (χ0v) is 19.2. The fourth-order valence-corrected chi connectivity index (χ4v) is 4.27. The zero-order valence-electron chi connectivity index (χ0n) is 19.2. The molecule has 0 radical (unpaired) electrons. The van der Waals surface area contributed by atoms with Gasteiger partial charge < -0.3 is 14.9 Å². The summed E-state index contributed by atoms with van der Waals surface area (Å²) in [4.78, 5) is 35.4. The quantitative estimate of drug-likeness (QED) is 0.285. The van der Waals surface area contributed by atoms with Crippen molar-refractivity contribution in [3.63, 3.8) is 0 Å². The third-order valence-corrected chi connectivity index (χ3v) is 6.11. The first kappa shape index (κ1) is 24.5. The van der Waals surface area contributed by atoms with E-state index in [9.17, 15) is 19.5 Å². The number of aliphatic carboxylic acids is 1. The number of ketones is 1. The van der Waals surface area contributed by atoms with E-state index >= 15 is 0 Å². The Morgan fingerprint density at radius 3 is 2.15 bits per heavy atom. The first-order chi connectivity index (χ1) is 15.9. The predicted octanol–water partition coefficient (Wildman–Crippen LogP) is 6.13. The number of carbonyl (C=O) groups excluding carboxylic acids is 1. The monoisotopic (exact) mass is 452 g/mol. The van der Waals surface area contributed by atoms with Gasteiger partial charge in [0, 0.05) is 17.5 Å². The number of benzene rings is 2. The Balaban J connectivity index is 1.72. The van der Waals surface area contributed by atoms with Crippen LogP contribution in [0.25, 0.3) is 11.1 Å². The highest BCUT2D eigenvalue weighted by molar-refractivity contribution is 6.22. The second-order valence-corrected chi connectivity index (χ2v) is 8.62. The van der Waals surface area contributed by atoms with Crippen molar-refractivity contribution in [3.05, 3.63) is 52.6 Å². The van der Waals surface area contributed by atoms with Gasteiger partial charge >= 0.3 is 11.9 Å². The molecule has 0 aliphatic heterocycles. The Morgan fingerprint density at radius 1 is 0.818 bits per heavy atom. The van der Waals surface area contributed by atoms with E-state index in [4.69, 9.17) is 9.84 Å². The Bertz CT molecular complexity index is 1020. The first-order valence-electron chi connectivity index (χ1n) is 11.9. The van der Waals surface area contributed by atoms with Gasteiger partial charge in [-0.15, -0.1) is 0 Å². The highest BCUT2D eigenvalue weighted by atomic mass is 16.5. The number of carboxylic acids is 2. The van der Waals surface area contributed by atoms with Crippen molar-refractivity contribution in [2.45, 2.75) is 71.1 Å². The number of ether oxygens (including phenoxy) is 1. The van der Waals surface area contributed by atoms with Crippen LogP contribution in [-0.2, 0) is 11.2 Å². The van der Waals surface area contributed by atoms with Gasteiger partial charge in [-0.05, 0) is 53.8 Å². The van der Waals surface area contributed by atoms with Crippen molar-refractivity contribution in [2.75, 3.05) is 6.61 Å². The van der Waals surface area contributed by atoms with Crippen LogP contribution in [0.3, 0.4) is 0 Å². The van der Waals surface area contributed by atoms with Gasteiger partial charge in [-0.2, -0.15) is 0 Å². The van der Waals surface area contributed by atoms with E-state index in [1.54, 1.807) is 18.2 Å². The summed E-state index contributed by atoms with van der Waals surface area (Å²) in [6.07, 6.45) is 9.73. The van der Waals surface area contributed by atoms with Crippen LogP contribution in [0.15, 0.2) is 30.3 Å². The lowest BCUT2D eigenvalue weighted by atomic mass is 9.99. The summed E-state index contributed by atoms with van der Waals surface area (Å²) in [7, 11) is 0. The topological polar surface area (TPSA) is 101 Å². The minimum Gasteiger partial charge on any atom is -0.493 e. The Morgan fingerprint density at radius 2 is 1.48 bits per heavy atom. The Kier molecular flexibility index (Phi) is 8.64. The Hall–Kier alpha value is -3.15. The highest BCUT2D eigenvalue weighted by Crippen LogP contribution is 2.41. The predicted molar refractivity (Wildman–Crippen MR) is 126 cm³/mol. The minimum atomic E-state index is -1.09. The molecule has 6 heteroatoms. The van der Waals surface area contributed by atoms with Crippen LogP contribution in [0.4, 0.5) is 0 Å². The van der Waals surface area contributed by atoms with E-state index in [0.29, 0.717) is 40.2 Å². The third kappa shape index (κ3) is 6.21. The molecule has 33 heavy (non-hydrogen) atoms. The SMILES string of the molecule is CCCCCCCCCCOc1cc2c(cc1CCC(=O)O)C(=O)c1cc(C(=O)O)ccc1-2. The van der Waals surface area contributed by atoms with Gasteiger partial charge in [0.25, 0.3) is 0 Å². The molecule has 2 N–H and O–H groups in total. The standard InChI is InChI=1S/C27H32O6/c1-2-3-4-5-6-7-8-9-14-33-24-17-21-20-12-10-19(27(31)32)16-22(20)26(30)23(21)15-18(24)11-13-25(28)29/h10,12,15-17H,2-9,11,13-14H2,1H3,(H,28,29)(H,31,32).